The van der Waals surface area contributed by atoms with Crippen molar-refractivity contribution < 1.29 is 31.8 Å². The second-order valence-corrected chi connectivity index (χ2v) is 7.92. The lowest BCUT2D eigenvalue weighted by Crippen LogP contribution is -2.14. The fraction of sp³-hybridized carbons (Fsp3) is 0. The number of thiophene rings is 1. The summed E-state index contributed by atoms with van der Waals surface area (Å²) >= 11 is 0.918. The number of hydrogen-bond acceptors (Lipinski definition) is 5. The Balaban J connectivity index is 2.00. The number of sulfonamides is 1. The first-order chi connectivity index (χ1) is 12.8. The van der Waals surface area contributed by atoms with Crippen LogP contribution in [-0.2, 0) is 10.0 Å². The van der Waals surface area contributed by atoms with E-state index in [4.69, 9.17) is 5.11 Å². The molecule has 0 aliphatic rings. The van der Waals surface area contributed by atoms with Crippen molar-refractivity contribution in [2.24, 2.45) is 0 Å². The minimum Gasteiger partial charge on any atom is -0.449 e. The number of hydrogen-bond donors (Lipinski definition) is 2. The van der Waals surface area contributed by atoms with Gasteiger partial charge in [0.2, 0.25) is 5.06 Å². The fourth-order valence-electron chi connectivity index (χ4n) is 2.19. The molecule has 10 heteroatoms. The lowest BCUT2D eigenvalue weighted by molar-refractivity contribution is 0.146. The van der Waals surface area contributed by atoms with Gasteiger partial charge in [-0.3, -0.25) is 4.72 Å². The highest BCUT2D eigenvalue weighted by molar-refractivity contribution is 7.92. The van der Waals surface area contributed by atoms with Gasteiger partial charge in [0, 0.05) is 4.88 Å². The first-order valence-electron chi connectivity index (χ1n) is 7.34. The van der Waals surface area contributed by atoms with Crippen LogP contribution in [0.15, 0.2) is 59.5 Å². The molecular formula is C17H11F2NO5S2. The second kappa shape index (κ2) is 7.33. The summed E-state index contributed by atoms with van der Waals surface area (Å²) in [7, 11) is -4.30. The number of carbonyl (C=O) groups is 1. The highest BCUT2D eigenvalue weighted by Crippen LogP contribution is 2.41. The minimum absolute atomic E-state index is 0.133. The molecule has 140 valence electrons. The molecule has 0 saturated heterocycles. The second-order valence-electron chi connectivity index (χ2n) is 5.23. The van der Waals surface area contributed by atoms with Gasteiger partial charge in [-0.15, -0.1) is 0 Å². The van der Waals surface area contributed by atoms with Crippen LogP contribution in [-0.4, -0.2) is 19.7 Å². The number of nitrogens with one attached hydrogen (secondary N) is 1. The number of halogens is 2. The Labute approximate surface area is 156 Å². The Morgan fingerprint density at radius 1 is 1.04 bits per heavy atom. The summed E-state index contributed by atoms with van der Waals surface area (Å²) in [6.45, 7) is 0. The summed E-state index contributed by atoms with van der Waals surface area (Å²) in [5, 5.41) is 8.67. The quantitative estimate of drug-likeness (QED) is 0.601. The summed E-state index contributed by atoms with van der Waals surface area (Å²) in [5.74, 6) is -2.51. The molecule has 1 heterocycles. The van der Waals surface area contributed by atoms with Gasteiger partial charge in [0.25, 0.3) is 10.0 Å². The van der Waals surface area contributed by atoms with E-state index in [1.807, 2.05) is 0 Å². The average Bonchev–Trinajstić information content (AvgIpc) is 2.99. The van der Waals surface area contributed by atoms with E-state index in [0.717, 1.165) is 23.0 Å². The standard InChI is InChI=1S/C17H11F2NO5S2/c18-12-7-6-11(8-13(12)19)27(23,24)20-14-9-15(10-4-2-1-3-5-10)26-16(14)25-17(21)22/h1-9,20H,(H,21,22). The number of anilines is 1. The van der Waals surface area contributed by atoms with Crippen molar-refractivity contribution in [3.8, 4) is 15.5 Å². The van der Waals surface area contributed by atoms with E-state index in [1.54, 1.807) is 30.3 Å². The van der Waals surface area contributed by atoms with Crippen LogP contribution in [0.4, 0.5) is 19.3 Å². The highest BCUT2D eigenvalue weighted by Gasteiger charge is 2.22. The normalized spacial score (nSPS) is 11.2. The SMILES string of the molecule is O=C(O)Oc1sc(-c2ccccc2)cc1NS(=O)(=O)c1ccc(F)c(F)c1. The van der Waals surface area contributed by atoms with E-state index < -0.39 is 32.7 Å². The van der Waals surface area contributed by atoms with Crippen LogP contribution < -0.4 is 9.46 Å². The molecule has 27 heavy (non-hydrogen) atoms. The van der Waals surface area contributed by atoms with Crippen molar-refractivity contribution in [1.29, 1.82) is 0 Å². The first-order valence-corrected chi connectivity index (χ1v) is 9.64. The topological polar surface area (TPSA) is 92.7 Å². The van der Waals surface area contributed by atoms with E-state index in [2.05, 4.69) is 9.46 Å². The van der Waals surface area contributed by atoms with Crippen molar-refractivity contribution in [3.63, 3.8) is 0 Å². The zero-order valence-electron chi connectivity index (χ0n) is 13.3. The average molecular weight is 411 g/mol. The van der Waals surface area contributed by atoms with Gasteiger partial charge in [0.15, 0.2) is 11.6 Å². The molecule has 0 radical (unpaired) electrons. The first kappa shape index (κ1) is 18.8. The zero-order valence-corrected chi connectivity index (χ0v) is 15.0. The molecule has 0 unspecified atom stereocenters. The van der Waals surface area contributed by atoms with Gasteiger partial charge >= 0.3 is 6.16 Å². The molecule has 0 saturated carbocycles. The highest BCUT2D eigenvalue weighted by atomic mass is 32.2. The van der Waals surface area contributed by atoms with Crippen LogP contribution in [0.5, 0.6) is 5.06 Å². The van der Waals surface area contributed by atoms with E-state index in [1.165, 1.54) is 6.07 Å². The van der Waals surface area contributed by atoms with Crippen LogP contribution in [0, 0.1) is 11.6 Å². The fourth-order valence-corrected chi connectivity index (χ4v) is 4.29. The lowest BCUT2D eigenvalue weighted by Gasteiger charge is -2.08. The summed E-state index contributed by atoms with van der Waals surface area (Å²) in [5.41, 5.74) is 0.585. The molecule has 0 fully saturated rings. The molecule has 6 nitrogen and oxygen atoms in total. The largest absolute Gasteiger partial charge is 0.512 e. The Hall–Kier alpha value is -2.98. The van der Waals surface area contributed by atoms with Gasteiger partial charge in [-0.25, -0.2) is 22.0 Å². The summed E-state index contributed by atoms with van der Waals surface area (Å²) in [6, 6.07) is 12.3. The van der Waals surface area contributed by atoms with Crippen molar-refractivity contribution in [1.82, 2.24) is 0 Å². The van der Waals surface area contributed by atoms with Crippen molar-refractivity contribution in [3.05, 3.63) is 66.2 Å². The number of ether oxygens (including phenoxy) is 1. The molecule has 1 aromatic heterocycles. The van der Waals surface area contributed by atoms with Crippen LogP contribution in [0.2, 0.25) is 0 Å². The molecular weight excluding hydrogens is 400 g/mol. The van der Waals surface area contributed by atoms with Crippen molar-refractivity contribution in [2.75, 3.05) is 4.72 Å². The van der Waals surface area contributed by atoms with Gasteiger partial charge < -0.3 is 9.84 Å². The van der Waals surface area contributed by atoms with Crippen molar-refractivity contribution >= 4 is 33.2 Å². The van der Waals surface area contributed by atoms with E-state index >= 15 is 0 Å². The number of rotatable bonds is 5. The monoisotopic (exact) mass is 411 g/mol. The molecule has 0 atom stereocenters. The smallest absolute Gasteiger partial charge is 0.449 e. The molecule has 0 amide bonds. The summed E-state index contributed by atoms with van der Waals surface area (Å²) in [4.78, 5) is 10.9. The maximum atomic E-state index is 13.4. The summed E-state index contributed by atoms with van der Waals surface area (Å²) < 4.78 is 58.1. The minimum atomic E-state index is -4.30. The molecule has 2 N–H and O–H groups in total. The number of carboxylic acid groups (broad SMARTS) is 1. The maximum Gasteiger partial charge on any atom is 0.512 e. The van der Waals surface area contributed by atoms with Gasteiger partial charge in [-0.05, 0) is 29.8 Å². The van der Waals surface area contributed by atoms with Gasteiger partial charge in [0.05, 0.1) is 4.90 Å². The summed E-state index contributed by atoms with van der Waals surface area (Å²) in [6.07, 6.45) is -1.62. The van der Waals surface area contributed by atoms with Crippen molar-refractivity contribution in [2.45, 2.75) is 4.90 Å². The van der Waals surface area contributed by atoms with E-state index in [9.17, 15) is 22.0 Å². The molecule has 0 aliphatic heterocycles. The Morgan fingerprint density at radius 2 is 1.74 bits per heavy atom. The van der Waals surface area contributed by atoms with E-state index in [0.29, 0.717) is 17.0 Å². The molecule has 3 aromatic rings. The van der Waals surface area contributed by atoms with Gasteiger partial charge in [-0.1, -0.05) is 41.7 Å². The molecule has 2 aromatic carbocycles. The van der Waals surface area contributed by atoms with Gasteiger partial charge in [0.1, 0.15) is 5.69 Å². The number of benzene rings is 2. The molecule has 0 bridgehead atoms. The van der Waals surface area contributed by atoms with Gasteiger partial charge in [-0.2, -0.15) is 0 Å². The molecule has 3 rings (SSSR count). The Kier molecular flexibility index (Phi) is 5.10. The van der Waals surface area contributed by atoms with Crippen LogP contribution in [0.25, 0.3) is 10.4 Å². The lowest BCUT2D eigenvalue weighted by atomic mass is 10.2. The Morgan fingerprint density at radius 3 is 2.37 bits per heavy atom. The van der Waals surface area contributed by atoms with E-state index in [-0.39, 0.29) is 10.8 Å². The van der Waals surface area contributed by atoms with Crippen LogP contribution in [0.1, 0.15) is 0 Å². The zero-order chi connectivity index (χ0) is 19.6. The maximum absolute atomic E-state index is 13.4. The molecule has 0 aliphatic carbocycles. The predicted molar refractivity (Wildman–Crippen MR) is 95.6 cm³/mol. The Bertz CT molecular complexity index is 1100. The van der Waals surface area contributed by atoms with Crippen LogP contribution in [0.3, 0.4) is 0 Å². The van der Waals surface area contributed by atoms with Crippen LogP contribution >= 0.6 is 11.3 Å². The third kappa shape index (κ3) is 4.23. The third-order valence-electron chi connectivity index (χ3n) is 3.38. The molecule has 0 spiro atoms. The third-order valence-corrected chi connectivity index (χ3v) is 5.81. The predicted octanol–water partition coefficient (Wildman–Crippen LogP) is 4.55.